The van der Waals surface area contributed by atoms with E-state index in [1.165, 1.54) is 18.2 Å². The van der Waals surface area contributed by atoms with Crippen molar-refractivity contribution in [3.8, 4) is 16.9 Å². The van der Waals surface area contributed by atoms with E-state index < -0.39 is 12.4 Å². The molecule has 0 aliphatic carbocycles. The quantitative estimate of drug-likeness (QED) is 0.250. The molecule has 4 aromatic rings. The van der Waals surface area contributed by atoms with Gasteiger partial charge in [-0.2, -0.15) is 8.78 Å². The lowest BCUT2D eigenvalue weighted by atomic mass is 9.95. The molecule has 29 heavy (non-hydrogen) atoms. The van der Waals surface area contributed by atoms with Gasteiger partial charge in [-0.15, -0.1) is 0 Å². The largest absolute Gasteiger partial charge is 0.435 e. The van der Waals surface area contributed by atoms with E-state index in [0.29, 0.717) is 28.1 Å². The monoisotopic (exact) mass is 398 g/mol. The summed E-state index contributed by atoms with van der Waals surface area (Å²) >= 11 is 0. The predicted octanol–water partition coefficient (Wildman–Crippen LogP) is 7.49. The van der Waals surface area contributed by atoms with Crippen LogP contribution in [0, 0.1) is 11.6 Å². The summed E-state index contributed by atoms with van der Waals surface area (Å²) in [7, 11) is 0. The molecule has 148 valence electrons. The van der Waals surface area contributed by atoms with Crippen LogP contribution in [-0.2, 0) is 6.42 Å². The van der Waals surface area contributed by atoms with E-state index in [0.717, 1.165) is 17.5 Å². The van der Waals surface area contributed by atoms with Crippen LogP contribution < -0.4 is 4.74 Å². The minimum atomic E-state index is -2.89. The van der Waals surface area contributed by atoms with E-state index in [9.17, 15) is 17.6 Å². The Kier molecular flexibility index (Phi) is 5.14. The number of ether oxygens (including phenoxy) is 1. The first kappa shape index (κ1) is 19.2. The van der Waals surface area contributed by atoms with Gasteiger partial charge in [0.1, 0.15) is 17.4 Å². The molecular weight excluding hydrogens is 380 g/mol. The van der Waals surface area contributed by atoms with Crippen molar-refractivity contribution in [3.05, 3.63) is 77.9 Å². The lowest BCUT2D eigenvalue weighted by Crippen LogP contribution is -2.01. The number of rotatable bonds is 5. The molecule has 0 aliphatic rings. The molecular formula is C24H18F4O. The van der Waals surface area contributed by atoms with Crippen molar-refractivity contribution in [2.75, 3.05) is 0 Å². The van der Waals surface area contributed by atoms with Crippen LogP contribution >= 0.6 is 0 Å². The van der Waals surface area contributed by atoms with Gasteiger partial charge in [0, 0.05) is 10.8 Å². The maximum Gasteiger partial charge on any atom is 0.387 e. The second-order valence-electron chi connectivity index (χ2n) is 6.91. The number of alkyl halides is 2. The van der Waals surface area contributed by atoms with Gasteiger partial charge in [-0.1, -0.05) is 49.7 Å². The maximum atomic E-state index is 14.8. The fraction of sp³-hybridized carbons (Fsp3) is 0.167. The zero-order valence-corrected chi connectivity index (χ0v) is 15.7. The molecule has 4 aromatic carbocycles. The van der Waals surface area contributed by atoms with E-state index in [4.69, 9.17) is 0 Å². The Morgan fingerprint density at radius 3 is 2.10 bits per heavy atom. The van der Waals surface area contributed by atoms with Gasteiger partial charge in [-0.3, -0.25) is 0 Å². The Morgan fingerprint density at radius 1 is 0.759 bits per heavy atom. The number of aryl methyl sites for hydroxylation is 1. The summed E-state index contributed by atoms with van der Waals surface area (Å²) in [6, 6.07) is 16.2. The molecule has 0 aliphatic heterocycles. The van der Waals surface area contributed by atoms with Crippen molar-refractivity contribution in [1.82, 2.24) is 0 Å². The first-order valence-corrected chi connectivity index (χ1v) is 9.36. The number of hydrogen-bond donors (Lipinski definition) is 0. The maximum absolute atomic E-state index is 14.8. The zero-order chi connectivity index (χ0) is 20.5. The Bertz CT molecular complexity index is 1180. The molecule has 0 bridgehead atoms. The number of halogens is 4. The molecule has 0 heterocycles. The predicted molar refractivity (Wildman–Crippen MR) is 107 cm³/mol. The SMILES string of the molecule is CCCc1ccc2c(cc(F)c3cc(-c4ccc(OC(F)F)cc4)ccc32)c1F. The molecule has 1 nitrogen and oxygen atoms in total. The van der Waals surface area contributed by atoms with Crippen molar-refractivity contribution >= 4 is 21.5 Å². The van der Waals surface area contributed by atoms with Gasteiger partial charge in [-0.25, -0.2) is 8.78 Å². The second-order valence-corrected chi connectivity index (χ2v) is 6.91. The van der Waals surface area contributed by atoms with Crippen LogP contribution in [0.25, 0.3) is 32.7 Å². The average molecular weight is 398 g/mol. The third-order valence-electron chi connectivity index (χ3n) is 5.03. The van der Waals surface area contributed by atoms with E-state index in [1.54, 1.807) is 30.3 Å². The minimum Gasteiger partial charge on any atom is -0.435 e. The van der Waals surface area contributed by atoms with Gasteiger partial charge in [0.25, 0.3) is 0 Å². The summed E-state index contributed by atoms with van der Waals surface area (Å²) in [4.78, 5) is 0. The molecule has 0 fully saturated rings. The van der Waals surface area contributed by atoms with Crippen molar-refractivity contribution < 1.29 is 22.3 Å². The molecule has 5 heteroatoms. The first-order valence-electron chi connectivity index (χ1n) is 9.36. The van der Waals surface area contributed by atoms with Crippen LogP contribution in [0.2, 0.25) is 0 Å². The smallest absolute Gasteiger partial charge is 0.387 e. The standard InChI is InChI=1S/C24H18F4O/c1-2-3-15-6-10-19-18-11-7-16(12-20(18)22(25)13-21(19)23(15)26)14-4-8-17(9-5-14)29-24(27)28/h4-13,24H,2-3H2,1H3. The third-order valence-corrected chi connectivity index (χ3v) is 5.03. The van der Waals surface area contributed by atoms with E-state index in [1.807, 2.05) is 19.1 Å². The van der Waals surface area contributed by atoms with Gasteiger partial charge >= 0.3 is 6.61 Å². The van der Waals surface area contributed by atoms with E-state index in [-0.39, 0.29) is 17.0 Å². The summed E-state index contributed by atoms with van der Waals surface area (Å²) in [6.07, 6.45) is 1.41. The molecule has 0 saturated carbocycles. The summed E-state index contributed by atoms with van der Waals surface area (Å²) in [5.74, 6) is -0.816. The Labute approximate surface area is 165 Å². The van der Waals surface area contributed by atoms with Crippen LogP contribution in [0.3, 0.4) is 0 Å². The van der Waals surface area contributed by atoms with Crippen molar-refractivity contribution in [1.29, 1.82) is 0 Å². The topological polar surface area (TPSA) is 9.23 Å². The molecule has 0 aromatic heterocycles. The van der Waals surface area contributed by atoms with Crippen molar-refractivity contribution in [3.63, 3.8) is 0 Å². The lowest BCUT2D eigenvalue weighted by Gasteiger charge is -2.11. The fourth-order valence-electron chi connectivity index (χ4n) is 3.67. The van der Waals surface area contributed by atoms with Crippen LogP contribution in [0.1, 0.15) is 18.9 Å². The van der Waals surface area contributed by atoms with Gasteiger partial charge in [0.2, 0.25) is 0 Å². The Morgan fingerprint density at radius 2 is 1.41 bits per heavy atom. The fourth-order valence-corrected chi connectivity index (χ4v) is 3.67. The normalized spacial score (nSPS) is 11.5. The summed E-state index contributed by atoms with van der Waals surface area (Å²) in [5, 5.41) is 1.95. The lowest BCUT2D eigenvalue weighted by molar-refractivity contribution is -0.0498. The van der Waals surface area contributed by atoms with Gasteiger partial charge in [-0.05, 0) is 58.1 Å². The van der Waals surface area contributed by atoms with Crippen LogP contribution in [0.5, 0.6) is 5.75 Å². The molecule has 0 N–H and O–H groups in total. The highest BCUT2D eigenvalue weighted by Gasteiger charge is 2.14. The highest BCUT2D eigenvalue weighted by molar-refractivity contribution is 6.09. The number of benzene rings is 4. The van der Waals surface area contributed by atoms with Crippen LogP contribution in [0.15, 0.2) is 60.7 Å². The van der Waals surface area contributed by atoms with Gasteiger partial charge in [0.15, 0.2) is 0 Å². The van der Waals surface area contributed by atoms with Gasteiger partial charge < -0.3 is 4.74 Å². The molecule has 0 unspecified atom stereocenters. The van der Waals surface area contributed by atoms with Crippen LogP contribution in [-0.4, -0.2) is 6.61 Å². The summed E-state index contributed by atoms with van der Waals surface area (Å²) in [6.45, 7) is -0.916. The molecule has 0 spiro atoms. The minimum absolute atomic E-state index is 0.0556. The number of fused-ring (bicyclic) bond motifs is 3. The highest BCUT2D eigenvalue weighted by atomic mass is 19.3. The summed E-state index contributed by atoms with van der Waals surface area (Å²) < 4.78 is 58.6. The molecule has 0 saturated heterocycles. The molecule has 0 radical (unpaired) electrons. The first-order chi connectivity index (χ1) is 14.0. The Balaban J connectivity index is 1.81. The molecule has 0 atom stereocenters. The van der Waals surface area contributed by atoms with Crippen molar-refractivity contribution in [2.45, 2.75) is 26.4 Å². The van der Waals surface area contributed by atoms with E-state index >= 15 is 0 Å². The van der Waals surface area contributed by atoms with E-state index in [2.05, 4.69) is 4.74 Å². The van der Waals surface area contributed by atoms with Gasteiger partial charge in [0.05, 0.1) is 0 Å². The number of hydrogen-bond acceptors (Lipinski definition) is 1. The highest BCUT2D eigenvalue weighted by Crippen LogP contribution is 2.34. The zero-order valence-electron chi connectivity index (χ0n) is 15.7. The average Bonchev–Trinajstić information content (AvgIpc) is 2.71. The van der Waals surface area contributed by atoms with Crippen LogP contribution in [0.4, 0.5) is 17.6 Å². The second kappa shape index (κ2) is 7.74. The summed E-state index contributed by atoms with van der Waals surface area (Å²) in [5.41, 5.74) is 2.04. The van der Waals surface area contributed by atoms with Crippen molar-refractivity contribution in [2.24, 2.45) is 0 Å². The Hall–Kier alpha value is -3.08. The molecule has 4 rings (SSSR count). The molecule has 0 amide bonds. The third kappa shape index (κ3) is 3.65.